The van der Waals surface area contributed by atoms with E-state index >= 15 is 0 Å². The number of carbonyl (C=O) groups is 1. The molecule has 21 heavy (non-hydrogen) atoms. The van der Waals surface area contributed by atoms with E-state index in [1.807, 2.05) is 0 Å². The zero-order valence-electron chi connectivity index (χ0n) is 10.4. The highest BCUT2D eigenvalue weighted by molar-refractivity contribution is 6.29. The molecule has 2 rings (SSSR count). The van der Waals surface area contributed by atoms with Gasteiger partial charge in [-0.05, 0) is 18.2 Å². The Bertz CT molecular complexity index is 715. The highest BCUT2D eigenvalue weighted by atomic mass is 35.5. The predicted molar refractivity (Wildman–Crippen MR) is 75.3 cm³/mol. The molecule has 1 aromatic heterocycles. The van der Waals surface area contributed by atoms with Crippen molar-refractivity contribution in [3.05, 3.63) is 51.2 Å². The lowest BCUT2D eigenvalue weighted by molar-refractivity contribution is -0.385. The van der Waals surface area contributed by atoms with Gasteiger partial charge in [-0.3, -0.25) is 14.9 Å². The smallest absolute Gasteiger partial charge is 0.312 e. The molecule has 0 saturated heterocycles. The molecule has 0 spiro atoms. The second-order valence-electron chi connectivity index (χ2n) is 3.97. The molecule has 4 N–H and O–H groups in total. The van der Waals surface area contributed by atoms with Crippen LogP contribution in [0.25, 0.3) is 0 Å². The molecule has 2 aromatic rings. The summed E-state index contributed by atoms with van der Waals surface area (Å²) in [4.78, 5) is 25.2. The number of hydrogen-bond donors (Lipinski definition) is 2. The number of rotatable bonds is 4. The van der Waals surface area contributed by atoms with Gasteiger partial charge in [0.2, 0.25) is 17.5 Å². The SMILES string of the molecule is NC(=O)c1ccc(Oc2cc(N)cc(Cl)n2)c([N+](=O)[O-])c1. The fourth-order valence-corrected chi connectivity index (χ4v) is 1.77. The topological polar surface area (TPSA) is 134 Å². The number of nitro groups is 1. The van der Waals surface area contributed by atoms with Crippen LogP contribution in [0.15, 0.2) is 30.3 Å². The molecule has 9 heteroatoms. The van der Waals surface area contributed by atoms with Crippen molar-refractivity contribution in [2.45, 2.75) is 0 Å². The molecule has 0 aliphatic carbocycles. The lowest BCUT2D eigenvalue weighted by Gasteiger charge is -2.07. The normalized spacial score (nSPS) is 10.1. The van der Waals surface area contributed by atoms with Gasteiger partial charge in [-0.2, -0.15) is 0 Å². The van der Waals surface area contributed by atoms with E-state index in [2.05, 4.69) is 4.98 Å². The van der Waals surface area contributed by atoms with E-state index < -0.39 is 16.5 Å². The Balaban J connectivity index is 2.43. The highest BCUT2D eigenvalue weighted by Gasteiger charge is 2.19. The Morgan fingerprint density at radius 3 is 2.62 bits per heavy atom. The number of aromatic nitrogens is 1. The number of pyridine rings is 1. The van der Waals surface area contributed by atoms with Crippen molar-refractivity contribution in [2.75, 3.05) is 5.73 Å². The standard InChI is InChI=1S/C12H9ClN4O4/c13-10-4-7(14)5-11(16-10)21-9-2-1-6(12(15)18)3-8(9)17(19)20/h1-5H,(H2,14,16)(H2,15,18). The van der Waals surface area contributed by atoms with Gasteiger partial charge < -0.3 is 16.2 Å². The summed E-state index contributed by atoms with van der Waals surface area (Å²) in [5.74, 6) is -0.899. The maximum atomic E-state index is 11.0. The summed E-state index contributed by atoms with van der Waals surface area (Å²) in [6.07, 6.45) is 0. The number of primary amides is 1. The van der Waals surface area contributed by atoms with Crippen LogP contribution in [0.1, 0.15) is 10.4 Å². The number of benzene rings is 1. The Hall–Kier alpha value is -2.87. The van der Waals surface area contributed by atoms with Crippen molar-refractivity contribution >= 4 is 28.9 Å². The molecule has 1 heterocycles. The van der Waals surface area contributed by atoms with Crippen LogP contribution in [0.5, 0.6) is 11.6 Å². The number of ether oxygens (including phenoxy) is 1. The average Bonchev–Trinajstić information content (AvgIpc) is 2.37. The molecule has 0 bridgehead atoms. The van der Waals surface area contributed by atoms with Crippen molar-refractivity contribution in [1.29, 1.82) is 0 Å². The average molecular weight is 309 g/mol. The van der Waals surface area contributed by atoms with Gasteiger partial charge in [-0.1, -0.05) is 11.6 Å². The molecular formula is C12H9ClN4O4. The second-order valence-corrected chi connectivity index (χ2v) is 4.35. The summed E-state index contributed by atoms with van der Waals surface area (Å²) in [5, 5.41) is 11.1. The highest BCUT2D eigenvalue weighted by Crippen LogP contribution is 2.32. The van der Waals surface area contributed by atoms with Crippen LogP contribution < -0.4 is 16.2 Å². The summed E-state index contributed by atoms with van der Waals surface area (Å²) in [5.41, 5.74) is 10.5. The first-order chi connectivity index (χ1) is 9.86. The summed E-state index contributed by atoms with van der Waals surface area (Å²) in [6, 6.07) is 6.33. The van der Waals surface area contributed by atoms with Gasteiger partial charge in [0.05, 0.1) is 4.92 Å². The predicted octanol–water partition coefficient (Wildman–Crippen LogP) is 2.12. The quantitative estimate of drug-likeness (QED) is 0.504. The fourth-order valence-electron chi connectivity index (χ4n) is 1.56. The third-order valence-electron chi connectivity index (χ3n) is 2.45. The molecule has 108 valence electrons. The van der Waals surface area contributed by atoms with Crippen LogP contribution in [0.4, 0.5) is 11.4 Å². The number of nitrogens with two attached hydrogens (primary N) is 2. The lowest BCUT2D eigenvalue weighted by atomic mass is 10.2. The number of nitrogens with zero attached hydrogens (tertiary/aromatic N) is 2. The molecule has 0 aliphatic heterocycles. The molecule has 0 unspecified atom stereocenters. The summed E-state index contributed by atoms with van der Waals surface area (Å²) < 4.78 is 5.30. The van der Waals surface area contributed by atoms with Crippen LogP contribution in [0.2, 0.25) is 5.15 Å². The van der Waals surface area contributed by atoms with Crippen LogP contribution in [0, 0.1) is 10.1 Å². The van der Waals surface area contributed by atoms with Gasteiger partial charge in [0.25, 0.3) is 0 Å². The maximum absolute atomic E-state index is 11.0. The minimum atomic E-state index is -0.783. The minimum Gasteiger partial charge on any atom is -0.432 e. The number of nitrogen functional groups attached to an aromatic ring is 1. The first-order valence-corrected chi connectivity index (χ1v) is 5.94. The Labute approximate surface area is 123 Å². The third kappa shape index (κ3) is 3.37. The summed E-state index contributed by atoms with van der Waals surface area (Å²) in [6.45, 7) is 0. The first-order valence-electron chi connectivity index (χ1n) is 5.56. The largest absolute Gasteiger partial charge is 0.432 e. The van der Waals surface area contributed by atoms with Gasteiger partial charge in [-0.15, -0.1) is 0 Å². The van der Waals surface area contributed by atoms with E-state index in [1.165, 1.54) is 24.3 Å². The molecule has 0 aliphatic rings. The fraction of sp³-hybridized carbons (Fsp3) is 0. The number of hydrogen-bond acceptors (Lipinski definition) is 6. The molecule has 1 aromatic carbocycles. The van der Waals surface area contributed by atoms with E-state index in [9.17, 15) is 14.9 Å². The monoisotopic (exact) mass is 308 g/mol. The van der Waals surface area contributed by atoms with E-state index in [4.69, 9.17) is 27.8 Å². The molecule has 1 amide bonds. The number of anilines is 1. The van der Waals surface area contributed by atoms with Crippen molar-refractivity contribution in [2.24, 2.45) is 5.73 Å². The van der Waals surface area contributed by atoms with Gasteiger partial charge in [0, 0.05) is 23.4 Å². The number of amides is 1. The number of carbonyl (C=O) groups excluding carboxylic acids is 1. The Morgan fingerprint density at radius 1 is 1.33 bits per heavy atom. The van der Waals surface area contributed by atoms with E-state index in [0.717, 1.165) is 6.07 Å². The molecule has 0 radical (unpaired) electrons. The zero-order valence-corrected chi connectivity index (χ0v) is 11.2. The van der Waals surface area contributed by atoms with E-state index in [1.54, 1.807) is 0 Å². The van der Waals surface area contributed by atoms with Crippen molar-refractivity contribution in [3.63, 3.8) is 0 Å². The second kappa shape index (κ2) is 5.63. The van der Waals surface area contributed by atoms with Crippen LogP contribution in [-0.2, 0) is 0 Å². The van der Waals surface area contributed by atoms with E-state index in [0.29, 0.717) is 5.69 Å². The zero-order chi connectivity index (χ0) is 15.6. The number of halogens is 1. The van der Waals surface area contributed by atoms with Crippen molar-refractivity contribution < 1.29 is 14.5 Å². The lowest BCUT2D eigenvalue weighted by Crippen LogP contribution is -2.11. The first kappa shape index (κ1) is 14.5. The van der Waals surface area contributed by atoms with Crippen LogP contribution in [0.3, 0.4) is 0 Å². The third-order valence-corrected chi connectivity index (χ3v) is 2.64. The van der Waals surface area contributed by atoms with Crippen LogP contribution in [-0.4, -0.2) is 15.8 Å². The van der Waals surface area contributed by atoms with Gasteiger partial charge in [0.15, 0.2) is 0 Å². The molecule has 8 nitrogen and oxygen atoms in total. The molecule has 0 saturated carbocycles. The number of nitro benzene ring substituents is 1. The molecular weight excluding hydrogens is 300 g/mol. The maximum Gasteiger partial charge on any atom is 0.312 e. The van der Waals surface area contributed by atoms with Crippen molar-refractivity contribution in [3.8, 4) is 11.6 Å². The van der Waals surface area contributed by atoms with Gasteiger partial charge in [0.1, 0.15) is 5.15 Å². The van der Waals surface area contributed by atoms with E-state index in [-0.39, 0.29) is 22.3 Å². The molecule has 0 atom stereocenters. The summed E-state index contributed by atoms with van der Waals surface area (Å²) >= 11 is 5.72. The minimum absolute atomic E-state index is 0.00470. The van der Waals surface area contributed by atoms with Gasteiger partial charge in [-0.25, -0.2) is 4.98 Å². The van der Waals surface area contributed by atoms with Crippen LogP contribution >= 0.6 is 11.6 Å². The Morgan fingerprint density at radius 2 is 2.05 bits per heavy atom. The Kier molecular flexibility index (Phi) is 3.90. The van der Waals surface area contributed by atoms with Crippen molar-refractivity contribution in [1.82, 2.24) is 4.98 Å². The van der Waals surface area contributed by atoms with Gasteiger partial charge >= 0.3 is 5.69 Å². The summed E-state index contributed by atoms with van der Waals surface area (Å²) in [7, 11) is 0. The molecule has 0 fully saturated rings.